The van der Waals surface area contributed by atoms with E-state index >= 15 is 0 Å². The molecule has 2 heterocycles. The second kappa shape index (κ2) is 11.2. The Balaban J connectivity index is 1.56. The molecule has 38 heavy (non-hydrogen) atoms. The first-order chi connectivity index (χ1) is 18.1. The van der Waals surface area contributed by atoms with Crippen molar-refractivity contribution in [2.75, 3.05) is 20.2 Å². The summed E-state index contributed by atoms with van der Waals surface area (Å²) in [5.74, 6) is 0.311. The van der Waals surface area contributed by atoms with E-state index < -0.39 is 10.5 Å². The van der Waals surface area contributed by atoms with Crippen LogP contribution in [0.5, 0.6) is 5.75 Å². The van der Waals surface area contributed by atoms with Gasteiger partial charge in [0.15, 0.2) is 0 Å². The summed E-state index contributed by atoms with van der Waals surface area (Å²) in [5, 5.41) is 13.0. The SMILES string of the molecule is COc1ccc(C2c3ccsc3CCN2C(=O)CN(C(=O)/C=C/c2ccc([N+](=O)[O-])cc2)C(C)(C)C)cc1. The lowest BCUT2D eigenvalue weighted by Gasteiger charge is -2.40. The molecule has 3 aromatic rings. The summed E-state index contributed by atoms with van der Waals surface area (Å²) in [7, 11) is 1.62. The number of methoxy groups -OCH3 is 1. The molecule has 9 heteroatoms. The highest BCUT2D eigenvalue weighted by Crippen LogP contribution is 2.38. The summed E-state index contributed by atoms with van der Waals surface area (Å²) in [6.07, 6.45) is 3.79. The first kappa shape index (κ1) is 27.1. The van der Waals surface area contributed by atoms with E-state index in [-0.39, 0.29) is 30.1 Å². The van der Waals surface area contributed by atoms with E-state index in [4.69, 9.17) is 4.74 Å². The summed E-state index contributed by atoms with van der Waals surface area (Å²) in [6.45, 7) is 6.18. The van der Waals surface area contributed by atoms with E-state index in [0.717, 1.165) is 23.3 Å². The van der Waals surface area contributed by atoms with Gasteiger partial charge in [0.05, 0.1) is 18.1 Å². The minimum absolute atomic E-state index is 0.0166. The summed E-state index contributed by atoms with van der Waals surface area (Å²) < 4.78 is 5.31. The number of nitro groups is 1. The second-order valence-corrected chi connectivity index (χ2v) is 11.1. The Morgan fingerprint density at radius 2 is 1.82 bits per heavy atom. The molecule has 0 aliphatic carbocycles. The number of amides is 2. The fraction of sp³-hybridized carbons (Fsp3) is 0.310. The number of nitrogens with zero attached hydrogens (tertiary/aromatic N) is 3. The van der Waals surface area contributed by atoms with Crippen LogP contribution in [0.3, 0.4) is 0 Å². The number of non-ortho nitro benzene ring substituents is 1. The molecule has 2 aromatic carbocycles. The van der Waals surface area contributed by atoms with Gasteiger partial charge < -0.3 is 14.5 Å². The maximum absolute atomic E-state index is 13.8. The monoisotopic (exact) mass is 533 g/mol. The van der Waals surface area contributed by atoms with E-state index in [1.807, 2.05) is 49.9 Å². The van der Waals surface area contributed by atoms with Crippen LogP contribution in [-0.4, -0.2) is 52.3 Å². The fourth-order valence-corrected chi connectivity index (χ4v) is 5.47. The van der Waals surface area contributed by atoms with Crippen molar-refractivity contribution >= 4 is 34.9 Å². The number of carbonyl (C=O) groups excluding carboxylic acids is 2. The molecule has 1 atom stereocenters. The van der Waals surface area contributed by atoms with Crippen LogP contribution < -0.4 is 4.74 Å². The highest BCUT2D eigenvalue weighted by molar-refractivity contribution is 7.10. The molecule has 1 aliphatic heterocycles. The van der Waals surface area contributed by atoms with Crippen LogP contribution in [0.2, 0.25) is 0 Å². The maximum Gasteiger partial charge on any atom is 0.269 e. The molecule has 1 unspecified atom stereocenters. The second-order valence-electron chi connectivity index (χ2n) is 10.1. The molecular weight excluding hydrogens is 502 g/mol. The predicted molar refractivity (Wildman–Crippen MR) is 148 cm³/mol. The van der Waals surface area contributed by atoms with Gasteiger partial charge in [-0.3, -0.25) is 19.7 Å². The number of fused-ring (bicyclic) bond motifs is 1. The molecule has 4 rings (SSSR count). The minimum Gasteiger partial charge on any atom is -0.497 e. The molecular formula is C29H31N3O5S. The average Bonchev–Trinajstić information content (AvgIpc) is 3.38. The zero-order valence-corrected chi connectivity index (χ0v) is 22.7. The first-order valence-corrected chi connectivity index (χ1v) is 13.2. The molecule has 1 aliphatic rings. The van der Waals surface area contributed by atoms with Gasteiger partial charge in [-0.2, -0.15) is 0 Å². The van der Waals surface area contributed by atoms with Crippen LogP contribution in [-0.2, 0) is 16.0 Å². The molecule has 8 nitrogen and oxygen atoms in total. The highest BCUT2D eigenvalue weighted by Gasteiger charge is 2.35. The van der Waals surface area contributed by atoms with Crippen molar-refractivity contribution < 1.29 is 19.2 Å². The van der Waals surface area contributed by atoms with Gasteiger partial charge in [0.25, 0.3) is 5.69 Å². The van der Waals surface area contributed by atoms with Crippen molar-refractivity contribution in [2.24, 2.45) is 0 Å². The van der Waals surface area contributed by atoms with Gasteiger partial charge in [-0.1, -0.05) is 12.1 Å². The average molecular weight is 534 g/mol. The lowest BCUT2D eigenvalue weighted by atomic mass is 9.93. The third kappa shape index (κ3) is 5.94. The summed E-state index contributed by atoms with van der Waals surface area (Å²) in [4.78, 5) is 42.2. The zero-order chi connectivity index (χ0) is 27.4. The molecule has 1 aromatic heterocycles. The van der Waals surface area contributed by atoms with E-state index in [1.54, 1.807) is 41.6 Å². The van der Waals surface area contributed by atoms with Crippen LogP contribution in [0.1, 0.15) is 48.4 Å². The number of hydrogen-bond acceptors (Lipinski definition) is 6. The lowest BCUT2D eigenvalue weighted by molar-refractivity contribution is -0.384. The van der Waals surface area contributed by atoms with Crippen LogP contribution in [0.25, 0.3) is 6.08 Å². The van der Waals surface area contributed by atoms with Crippen molar-refractivity contribution in [3.05, 3.63) is 97.7 Å². The number of rotatable bonds is 7. The normalized spacial score (nSPS) is 15.3. The van der Waals surface area contributed by atoms with Crippen LogP contribution in [0.4, 0.5) is 5.69 Å². The van der Waals surface area contributed by atoms with Crippen molar-refractivity contribution in [3.8, 4) is 5.75 Å². The molecule has 0 fully saturated rings. The summed E-state index contributed by atoms with van der Waals surface area (Å²) >= 11 is 1.70. The van der Waals surface area contributed by atoms with Crippen LogP contribution in [0, 0.1) is 10.1 Å². The number of nitro benzene ring substituents is 1. The van der Waals surface area contributed by atoms with E-state index in [2.05, 4.69) is 11.4 Å². The van der Waals surface area contributed by atoms with Crippen molar-refractivity contribution in [3.63, 3.8) is 0 Å². The Kier molecular flexibility index (Phi) is 7.97. The Bertz CT molecular complexity index is 1340. The molecule has 198 valence electrons. The molecule has 2 amide bonds. The van der Waals surface area contributed by atoms with E-state index in [1.165, 1.54) is 23.1 Å². The first-order valence-electron chi connectivity index (χ1n) is 12.3. The number of hydrogen-bond donors (Lipinski definition) is 0. The number of ether oxygens (including phenoxy) is 1. The van der Waals surface area contributed by atoms with Crippen LogP contribution >= 0.6 is 11.3 Å². The summed E-state index contributed by atoms with van der Waals surface area (Å²) in [5.41, 5.74) is 2.14. The molecule has 0 saturated heterocycles. The molecule has 0 bridgehead atoms. The van der Waals surface area contributed by atoms with E-state index in [0.29, 0.717) is 12.1 Å². The standard InChI is InChI=1S/C29H31N3O5S/c1-29(2,3)31(26(33)14-7-20-5-10-22(11-6-20)32(35)36)19-27(34)30-17-15-25-24(16-18-38-25)28(30)21-8-12-23(37-4)13-9-21/h5-14,16,18,28H,15,17,19H2,1-4H3/b14-7+. The van der Waals surface area contributed by atoms with Gasteiger partial charge in [0, 0.05) is 35.2 Å². The quantitative estimate of drug-likeness (QED) is 0.228. The smallest absolute Gasteiger partial charge is 0.269 e. The Labute approximate surface area is 226 Å². The van der Waals surface area contributed by atoms with Gasteiger partial charge in [0.1, 0.15) is 12.3 Å². The Morgan fingerprint density at radius 3 is 2.42 bits per heavy atom. The van der Waals surface area contributed by atoms with Gasteiger partial charge in [0.2, 0.25) is 11.8 Å². The Morgan fingerprint density at radius 1 is 1.13 bits per heavy atom. The predicted octanol–water partition coefficient (Wildman–Crippen LogP) is 5.48. The fourth-order valence-electron chi connectivity index (χ4n) is 4.57. The summed E-state index contributed by atoms with van der Waals surface area (Å²) in [6, 6.07) is 15.5. The van der Waals surface area contributed by atoms with Crippen molar-refractivity contribution in [1.29, 1.82) is 0 Å². The van der Waals surface area contributed by atoms with Gasteiger partial charge in [-0.05, 0) is 85.7 Å². The third-order valence-corrected chi connectivity index (χ3v) is 7.61. The number of thiophene rings is 1. The maximum atomic E-state index is 13.8. The molecule has 0 spiro atoms. The Hall–Kier alpha value is -3.98. The number of carbonyl (C=O) groups is 2. The van der Waals surface area contributed by atoms with Gasteiger partial charge in [-0.15, -0.1) is 11.3 Å². The van der Waals surface area contributed by atoms with Crippen molar-refractivity contribution in [1.82, 2.24) is 9.80 Å². The molecule has 0 N–H and O–H groups in total. The third-order valence-electron chi connectivity index (χ3n) is 6.61. The highest BCUT2D eigenvalue weighted by atomic mass is 32.1. The zero-order valence-electron chi connectivity index (χ0n) is 21.9. The van der Waals surface area contributed by atoms with E-state index in [9.17, 15) is 19.7 Å². The molecule has 0 radical (unpaired) electrons. The van der Waals surface area contributed by atoms with Crippen LogP contribution in [0.15, 0.2) is 66.1 Å². The number of benzene rings is 2. The largest absolute Gasteiger partial charge is 0.497 e. The molecule has 0 saturated carbocycles. The topological polar surface area (TPSA) is 93.0 Å². The van der Waals surface area contributed by atoms with Crippen molar-refractivity contribution in [2.45, 2.75) is 38.8 Å². The lowest BCUT2D eigenvalue weighted by Crippen LogP contribution is -2.52. The minimum atomic E-state index is -0.606. The van der Waals surface area contributed by atoms with Gasteiger partial charge in [-0.25, -0.2) is 0 Å². The van der Waals surface area contributed by atoms with Gasteiger partial charge >= 0.3 is 0 Å².